The molecule has 0 heterocycles. The summed E-state index contributed by atoms with van der Waals surface area (Å²) in [5.41, 5.74) is 0.551. The van der Waals surface area contributed by atoms with Gasteiger partial charge in [0.2, 0.25) is 0 Å². The van der Waals surface area contributed by atoms with E-state index in [1.54, 1.807) is 52.0 Å². The highest BCUT2D eigenvalue weighted by Crippen LogP contribution is 2.19. The first-order chi connectivity index (χ1) is 9.24. The van der Waals surface area contributed by atoms with Gasteiger partial charge in [-0.3, -0.25) is 0 Å². The second-order valence-electron chi connectivity index (χ2n) is 5.45. The summed E-state index contributed by atoms with van der Waals surface area (Å²) in [6.45, 7) is 7.16. The average molecular weight is 279 g/mol. The van der Waals surface area contributed by atoms with E-state index in [1.165, 1.54) is 7.11 Å². The van der Waals surface area contributed by atoms with Gasteiger partial charge in [0, 0.05) is 0 Å². The van der Waals surface area contributed by atoms with Crippen molar-refractivity contribution in [2.75, 3.05) is 7.11 Å². The third kappa shape index (κ3) is 4.57. The van der Waals surface area contributed by atoms with Crippen LogP contribution in [0.1, 0.15) is 49.7 Å². The van der Waals surface area contributed by atoms with Crippen LogP contribution in [-0.4, -0.2) is 24.8 Å². The molecule has 0 saturated carbocycles. The van der Waals surface area contributed by atoms with Gasteiger partial charge < -0.3 is 14.8 Å². The number of carbonyl (C=O) groups excluding carboxylic acids is 2. The van der Waals surface area contributed by atoms with E-state index in [1.807, 2.05) is 0 Å². The molecule has 0 bridgehead atoms. The number of hydrogen-bond donors (Lipinski definition) is 1. The van der Waals surface area contributed by atoms with Crippen LogP contribution in [-0.2, 0) is 9.47 Å². The molecule has 5 heteroatoms. The normalized spacial score (nSPS) is 12.4. The molecule has 0 radical (unpaired) electrons. The van der Waals surface area contributed by atoms with Crippen molar-refractivity contribution >= 4 is 12.1 Å². The van der Waals surface area contributed by atoms with Crippen molar-refractivity contribution in [3.63, 3.8) is 0 Å². The molecule has 0 unspecified atom stereocenters. The lowest BCUT2D eigenvalue weighted by Gasteiger charge is -2.22. The topological polar surface area (TPSA) is 64.6 Å². The second-order valence-corrected chi connectivity index (χ2v) is 5.45. The van der Waals surface area contributed by atoms with Gasteiger partial charge in [0.15, 0.2) is 0 Å². The Morgan fingerprint density at radius 2 is 1.80 bits per heavy atom. The number of benzene rings is 1. The van der Waals surface area contributed by atoms with Gasteiger partial charge in [0.1, 0.15) is 5.60 Å². The lowest BCUT2D eigenvalue weighted by Crippen LogP contribution is -2.34. The van der Waals surface area contributed by atoms with Gasteiger partial charge in [-0.05, 0) is 39.3 Å². The third-order valence-electron chi connectivity index (χ3n) is 2.57. The van der Waals surface area contributed by atoms with Crippen molar-refractivity contribution in [2.45, 2.75) is 39.3 Å². The highest BCUT2D eigenvalue weighted by molar-refractivity contribution is 5.91. The molecule has 1 atom stereocenters. The van der Waals surface area contributed by atoms with E-state index in [2.05, 4.69) is 5.32 Å². The molecule has 1 amide bonds. The van der Waals surface area contributed by atoms with Crippen molar-refractivity contribution in [3.05, 3.63) is 35.4 Å². The molecule has 110 valence electrons. The Labute approximate surface area is 119 Å². The monoisotopic (exact) mass is 279 g/mol. The van der Waals surface area contributed by atoms with Crippen LogP contribution < -0.4 is 5.32 Å². The standard InChI is InChI=1S/C15H21NO4/c1-10(16-14(18)20-15(2,3)4)11-8-6-7-9-12(11)13(17)19-5/h6-10H,1-5H3,(H,16,18)/t10-/m0/s1. The van der Waals surface area contributed by atoms with Crippen LogP contribution in [0.25, 0.3) is 0 Å². The SMILES string of the molecule is COC(=O)c1ccccc1[C@H](C)NC(=O)OC(C)(C)C. The molecule has 0 aromatic heterocycles. The van der Waals surface area contributed by atoms with Crippen LogP contribution in [0.3, 0.4) is 0 Å². The number of carbonyl (C=O) groups is 2. The second kappa shape index (κ2) is 6.41. The number of hydrogen-bond acceptors (Lipinski definition) is 4. The molecule has 5 nitrogen and oxygen atoms in total. The van der Waals surface area contributed by atoms with Gasteiger partial charge in [-0.1, -0.05) is 18.2 Å². The molecule has 0 aliphatic rings. The highest BCUT2D eigenvalue weighted by atomic mass is 16.6. The maximum Gasteiger partial charge on any atom is 0.408 e. The summed E-state index contributed by atoms with van der Waals surface area (Å²) in [4.78, 5) is 23.4. The maximum absolute atomic E-state index is 11.7. The Morgan fingerprint density at radius 1 is 1.20 bits per heavy atom. The lowest BCUT2D eigenvalue weighted by molar-refractivity contribution is 0.0502. The Hall–Kier alpha value is -2.04. The summed E-state index contributed by atoms with van der Waals surface area (Å²) in [5.74, 6) is -0.432. The molecule has 0 spiro atoms. The number of rotatable bonds is 3. The molecule has 0 fully saturated rings. The van der Waals surface area contributed by atoms with Gasteiger partial charge in [0.05, 0.1) is 18.7 Å². The van der Waals surface area contributed by atoms with E-state index in [0.29, 0.717) is 11.1 Å². The van der Waals surface area contributed by atoms with E-state index in [0.717, 1.165) is 0 Å². The van der Waals surface area contributed by atoms with Crippen LogP contribution in [0.2, 0.25) is 0 Å². The van der Waals surface area contributed by atoms with Gasteiger partial charge in [-0.2, -0.15) is 0 Å². The fraction of sp³-hybridized carbons (Fsp3) is 0.467. The maximum atomic E-state index is 11.7. The van der Waals surface area contributed by atoms with Crippen LogP contribution in [0, 0.1) is 0 Å². The summed E-state index contributed by atoms with van der Waals surface area (Å²) in [6.07, 6.45) is -0.523. The zero-order valence-electron chi connectivity index (χ0n) is 12.5. The molecule has 0 aliphatic heterocycles. The van der Waals surface area contributed by atoms with E-state index in [-0.39, 0.29) is 6.04 Å². The fourth-order valence-electron chi connectivity index (χ4n) is 1.73. The zero-order valence-corrected chi connectivity index (χ0v) is 12.5. The minimum absolute atomic E-state index is 0.361. The van der Waals surface area contributed by atoms with Gasteiger partial charge in [0.25, 0.3) is 0 Å². The molecule has 0 saturated heterocycles. The quantitative estimate of drug-likeness (QED) is 0.864. The van der Waals surface area contributed by atoms with Crippen molar-refractivity contribution in [1.82, 2.24) is 5.32 Å². The Morgan fingerprint density at radius 3 is 2.35 bits per heavy atom. The lowest BCUT2D eigenvalue weighted by atomic mass is 10.0. The van der Waals surface area contributed by atoms with Gasteiger partial charge in [-0.15, -0.1) is 0 Å². The molecule has 20 heavy (non-hydrogen) atoms. The number of alkyl carbamates (subject to hydrolysis) is 1. The summed E-state index contributed by atoms with van der Waals surface area (Å²) in [5, 5.41) is 2.70. The van der Waals surface area contributed by atoms with Crippen LogP contribution >= 0.6 is 0 Å². The molecular weight excluding hydrogens is 258 g/mol. The van der Waals surface area contributed by atoms with E-state index < -0.39 is 17.7 Å². The van der Waals surface area contributed by atoms with Crippen LogP contribution in [0.15, 0.2) is 24.3 Å². The van der Waals surface area contributed by atoms with Crippen molar-refractivity contribution < 1.29 is 19.1 Å². The first kappa shape index (κ1) is 16.0. The zero-order chi connectivity index (χ0) is 15.3. The van der Waals surface area contributed by atoms with E-state index in [4.69, 9.17) is 9.47 Å². The van der Waals surface area contributed by atoms with Crippen molar-refractivity contribution in [1.29, 1.82) is 0 Å². The molecule has 1 rings (SSSR count). The molecule has 1 aromatic rings. The third-order valence-corrected chi connectivity index (χ3v) is 2.57. The van der Waals surface area contributed by atoms with Gasteiger partial charge in [-0.25, -0.2) is 9.59 Å². The predicted octanol–water partition coefficient (Wildman–Crippen LogP) is 3.06. The first-order valence-corrected chi connectivity index (χ1v) is 6.41. The number of ether oxygens (including phenoxy) is 2. The smallest absolute Gasteiger partial charge is 0.408 e. The predicted molar refractivity (Wildman–Crippen MR) is 75.6 cm³/mol. The highest BCUT2D eigenvalue weighted by Gasteiger charge is 2.21. The minimum atomic E-state index is -0.564. The van der Waals surface area contributed by atoms with Crippen molar-refractivity contribution in [2.24, 2.45) is 0 Å². The van der Waals surface area contributed by atoms with Gasteiger partial charge >= 0.3 is 12.1 Å². The van der Waals surface area contributed by atoms with E-state index >= 15 is 0 Å². The van der Waals surface area contributed by atoms with Crippen molar-refractivity contribution in [3.8, 4) is 0 Å². The molecule has 1 aromatic carbocycles. The number of amides is 1. The molecule has 1 N–H and O–H groups in total. The van der Waals surface area contributed by atoms with Crippen LogP contribution in [0.4, 0.5) is 4.79 Å². The summed E-state index contributed by atoms with van der Waals surface area (Å²) >= 11 is 0. The Bertz CT molecular complexity index is 491. The summed E-state index contributed by atoms with van der Waals surface area (Å²) in [7, 11) is 1.32. The fourth-order valence-corrected chi connectivity index (χ4v) is 1.73. The summed E-state index contributed by atoms with van der Waals surface area (Å²) in [6, 6.07) is 6.62. The first-order valence-electron chi connectivity index (χ1n) is 6.41. The molecule has 0 aliphatic carbocycles. The Kier molecular flexibility index (Phi) is 5.13. The Balaban J connectivity index is 2.85. The number of nitrogens with one attached hydrogen (secondary N) is 1. The molecular formula is C15H21NO4. The van der Waals surface area contributed by atoms with Crippen LogP contribution in [0.5, 0.6) is 0 Å². The number of methoxy groups -OCH3 is 1. The summed E-state index contributed by atoms with van der Waals surface area (Å²) < 4.78 is 9.92. The largest absolute Gasteiger partial charge is 0.465 e. The minimum Gasteiger partial charge on any atom is -0.465 e. The number of esters is 1. The average Bonchev–Trinajstić information content (AvgIpc) is 2.35. The van der Waals surface area contributed by atoms with E-state index in [9.17, 15) is 9.59 Å².